The predicted octanol–water partition coefficient (Wildman–Crippen LogP) is 5.25. The number of halogens is 2. The maximum Gasteiger partial charge on any atom is 0.310 e. The zero-order valence-corrected chi connectivity index (χ0v) is 14.0. The monoisotopic (exact) mass is 347 g/mol. The van der Waals surface area contributed by atoms with E-state index in [-0.39, 0.29) is 12.4 Å². The SMILES string of the molecule is CCOC(=O)Cc1c(-c2ccccc2Cl)[nH]c2ccc(Cl)cc12. The Balaban J connectivity index is 2.20. The van der Waals surface area contributed by atoms with Gasteiger partial charge >= 0.3 is 5.97 Å². The normalized spacial score (nSPS) is 10.9. The number of nitrogens with one attached hydrogen (secondary N) is 1. The van der Waals surface area contributed by atoms with Gasteiger partial charge in [0.2, 0.25) is 0 Å². The highest BCUT2D eigenvalue weighted by Crippen LogP contribution is 2.35. The summed E-state index contributed by atoms with van der Waals surface area (Å²) in [5.74, 6) is -0.276. The maximum absolute atomic E-state index is 12.0. The molecular weight excluding hydrogens is 333 g/mol. The van der Waals surface area contributed by atoms with E-state index in [0.29, 0.717) is 16.7 Å². The molecule has 0 aliphatic heterocycles. The van der Waals surface area contributed by atoms with Crippen LogP contribution in [0.2, 0.25) is 10.0 Å². The van der Waals surface area contributed by atoms with Crippen LogP contribution in [0.5, 0.6) is 0 Å². The Kier molecular flexibility index (Phi) is 4.60. The Morgan fingerprint density at radius 1 is 1.17 bits per heavy atom. The fourth-order valence-electron chi connectivity index (χ4n) is 2.65. The molecule has 118 valence electrons. The lowest BCUT2D eigenvalue weighted by Crippen LogP contribution is -2.08. The topological polar surface area (TPSA) is 42.1 Å². The van der Waals surface area contributed by atoms with Crippen LogP contribution < -0.4 is 0 Å². The van der Waals surface area contributed by atoms with Crippen LogP contribution >= 0.6 is 23.2 Å². The van der Waals surface area contributed by atoms with E-state index in [4.69, 9.17) is 27.9 Å². The molecule has 1 aromatic heterocycles. The van der Waals surface area contributed by atoms with Crippen molar-refractivity contribution in [2.45, 2.75) is 13.3 Å². The van der Waals surface area contributed by atoms with Crippen molar-refractivity contribution in [3.63, 3.8) is 0 Å². The Morgan fingerprint density at radius 2 is 1.96 bits per heavy atom. The largest absolute Gasteiger partial charge is 0.466 e. The van der Waals surface area contributed by atoms with E-state index in [1.54, 1.807) is 6.92 Å². The number of rotatable bonds is 4. The lowest BCUT2D eigenvalue weighted by atomic mass is 10.0. The van der Waals surface area contributed by atoms with E-state index < -0.39 is 0 Å². The molecule has 0 atom stereocenters. The molecule has 0 radical (unpaired) electrons. The standard InChI is InChI=1S/C18H15Cl2NO2/c1-2-23-17(22)10-14-13-9-11(19)7-8-16(13)21-18(14)12-5-3-4-6-15(12)20/h3-9,21H,2,10H2,1H3. The quantitative estimate of drug-likeness (QED) is 0.655. The number of H-pyrrole nitrogens is 1. The van der Waals surface area contributed by atoms with E-state index in [2.05, 4.69) is 4.98 Å². The van der Waals surface area contributed by atoms with Crippen molar-refractivity contribution in [1.82, 2.24) is 4.98 Å². The number of aromatic amines is 1. The van der Waals surface area contributed by atoms with Crippen LogP contribution in [0, 0.1) is 0 Å². The second kappa shape index (κ2) is 6.65. The van der Waals surface area contributed by atoms with E-state index in [9.17, 15) is 4.79 Å². The molecular formula is C18H15Cl2NO2. The number of hydrogen-bond acceptors (Lipinski definition) is 2. The average molecular weight is 348 g/mol. The molecule has 2 aromatic carbocycles. The van der Waals surface area contributed by atoms with Crippen molar-refractivity contribution in [3.05, 3.63) is 58.1 Å². The van der Waals surface area contributed by atoms with Gasteiger partial charge < -0.3 is 9.72 Å². The van der Waals surface area contributed by atoms with Gasteiger partial charge in [-0.05, 0) is 36.8 Å². The Morgan fingerprint density at radius 3 is 2.70 bits per heavy atom. The van der Waals surface area contributed by atoms with Gasteiger partial charge in [-0.15, -0.1) is 0 Å². The molecule has 3 aromatic rings. The molecule has 1 N–H and O–H groups in total. The molecule has 0 aliphatic carbocycles. The molecule has 0 amide bonds. The summed E-state index contributed by atoms with van der Waals surface area (Å²) in [5.41, 5.74) is 3.42. The number of benzene rings is 2. The van der Waals surface area contributed by atoms with Gasteiger partial charge in [-0.1, -0.05) is 41.4 Å². The Bertz CT molecular complexity index is 871. The number of esters is 1. The smallest absolute Gasteiger partial charge is 0.310 e. The van der Waals surface area contributed by atoms with E-state index in [0.717, 1.165) is 27.7 Å². The second-order valence-corrected chi connectivity index (χ2v) is 5.97. The fourth-order valence-corrected chi connectivity index (χ4v) is 3.06. The van der Waals surface area contributed by atoms with Gasteiger partial charge in [-0.2, -0.15) is 0 Å². The number of fused-ring (bicyclic) bond motifs is 1. The minimum absolute atomic E-state index is 0.161. The van der Waals surface area contributed by atoms with Crippen molar-refractivity contribution in [3.8, 4) is 11.3 Å². The van der Waals surface area contributed by atoms with Crippen molar-refractivity contribution in [1.29, 1.82) is 0 Å². The molecule has 0 spiro atoms. The summed E-state index contributed by atoms with van der Waals surface area (Å²) in [6.07, 6.45) is 0.161. The molecule has 0 aliphatic rings. The first-order chi connectivity index (χ1) is 11.1. The highest BCUT2D eigenvalue weighted by atomic mass is 35.5. The molecule has 0 unspecified atom stereocenters. The van der Waals surface area contributed by atoms with Crippen molar-refractivity contribution in [2.75, 3.05) is 6.61 Å². The summed E-state index contributed by atoms with van der Waals surface area (Å²) in [7, 11) is 0. The number of carbonyl (C=O) groups excluding carboxylic acids is 1. The van der Waals surface area contributed by atoms with E-state index in [1.807, 2.05) is 42.5 Å². The van der Waals surface area contributed by atoms with Gasteiger partial charge in [0.1, 0.15) is 0 Å². The first kappa shape index (κ1) is 15.9. The van der Waals surface area contributed by atoms with E-state index in [1.165, 1.54) is 0 Å². The summed E-state index contributed by atoms with van der Waals surface area (Å²) in [5, 5.41) is 2.14. The molecule has 3 rings (SSSR count). The lowest BCUT2D eigenvalue weighted by Gasteiger charge is -2.07. The predicted molar refractivity (Wildman–Crippen MR) is 94.1 cm³/mol. The van der Waals surface area contributed by atoms with Crippen molar-refractivity contribution in [2.24, 2.45) is 0 Å². The third kappa shape index (κ3) is 3.21. The van der Waals surface area contributed by atoms with Gasteiger partial charge in [0.25, 0.3) is 0 Å². The molecule has 0 fully saturated rings. The highest BCUT2D eigenvalue weighted by Gasteiger charge is 2.18. The zero-order chi connectivity index (χ0) is 16.4. The molecule has 3 nitrogen and oxygen atoms in total. The number of ether oxygens (including phenoxy) is 1. The third-order valence-corrected chi connectivity index (χ3v) is 4.20. The second-order valence-electron chi connectivity index (χ2n) is 5.13. The Hall–Kier alpha value is -1.97. The summed E-state index contributed by atoms with van der Waals surface area (Å²) in [4.78, 5) is 15.4. The van der Waals surface area contributed by atoms with Crippen LogP contribution in [0.4, 0.5) is 0 Å². The van der Waals surface area contributed by atoms with Crippen LogP contribution in [0.25, 0.3) is 22.2 Å². The van der Waals surface area contributed by atoms with E-state index >= 15 is 0 Å². The first-order valence-electron chi connectivity index (χ1n) is 7.30. The summed E-state index contributed by atoms with van der Waals surface area (Å²) >= 11 is 12.4. The van der Waals surface area contributed by atoms with Gasteiger partial charge in [0, 0.05) is 26.5 Å². The number of carbonyl (C=O) groups is 1. The van der Waals surface area contributed by atoms with Crippen LogP contribution in [-0.4, -0.2) is 17.6 Å². The summed E-state index contributed by atoms with van der Waals surface area (Å²) in [6, 6.07) is 13.1. The molecule has 0 saturated carbocycles. The fraction of sp³-hybridized carbons (Fsp3) is 0.167. The van der Waals surface area contributed by atoms with Gasteiger partial charge in [0.15, 0.2) is 0 Å². The minimum Gasteiger partial charge on any atom is -0.466 e. The molecule has 5 heteroatoms. The first-order valence-corrected chi connectivity index (χ1v) is 8.06. The summed E-state index contributed by atoms with van der Waals surface area (Å²) < 4.78 is 5.10. The maximum atomic E-state index is 12.0. The molecule has 0 saturated heterocycles. The van der Waals surface area contributed by atoms with Crippen LogP contribution in [0.15, 0.2) is 42.5 Å². The van der Waals surface area contributed by atoms with Crippen LogP contribution in [0.3, 0.4) is 0 Å². The van der Waals surface area contributed by atoms with Gasteiger partial charge in [-0.25, -0.2) is 0 Å². The number of aromatic nitrogens is 1. The zero-order valence-electron chi connectivity index (χ0n) is 12.5. The van der Waals surface area contributed by atoms with Crippen LogP contribution in [0.1, 0.15) is 12.5 Å². The van der Waals surface area contributed by atoms with Crippen molar-refractivity contribution >= 4 is 40.1 Å². The molecule has 0 bridgehead atoms. The minimum atomic E-state index is -0.276. The van der Waals surface area contributed by atoms with Crippen LogP contribution in [-0.2, 0) is 16.0 Å². The highest BCUT2D eigenvalue weighted by molar-refractivity contribution is 6.33. The lowest BCUT2D eigenvalue weighted by molar-refractivity contribution is -0.142. The number of hydrogen-bond donors (Lipinski definition) is 1. The third-order valence-electron chi connectivity index (χ3n) is 3.64. The Labute approximate surface area is 144 Å². The van der Waals surface area contributed by atoms with Gasteiger partial charge in [-0.3, -0.25) is 4.79 Å². The average Bonchev–Trinajstić information content (AvgIpc) is 2.86. The van der Waals surface area contributed by atoms with Crippen molar-refractivity contribution < 1.29 is 9.53 Å². The summed E-state index contributed by atoms with van der Waals surface area (Å²) in [6.45, 7) is 2.14. The van der Waals surface area contributed by atoms with Gasteiger partial charge in [0.05, 0.1) is 18.7 Å². The molecule has 23 heavy (non-hydrogen) atoms. The molecule has 1 heterocycles.